The number of alkyl halides is 3. The van der Waals surface area contributed by atoms with E-state index < -0.39 is 23.6 Å². The van der Waals surface area contributed by atoms with Gasteiger partial charge in [0.25, 0.3) is 11.8 Å². The Morgan fingerprint density at radius 3 is 2.15 bits per heavy atom. The Bertz CT molecular complexity index is 1250. The van der Waals surface area contributed by atoms with Crippen molar-refractivity contribution in [2.24, 2.45) is 0 Å². The van der Waals surface area contributed by atoms with Crippen LogP contribution in [0.1, 0.15) is 16.7 Å². The predicted molar refractivity (Wildman–Crippen MR) is 119 cm³/mol. The van der Waals surface area contributed by atoms with Crippen molar-refractivity contribution in [2.45, 2.75) is 13.1 Å². The zero-order valence-corrected chi connectivity index (χ0v) is 17.7. The summed E-state index contributed by atoms with van der Waals surface area (Å²) in [5, 5.41) is 3.00. The van der Waals surface area contributed by atoms with Crippen LogP contribution in [0.15, 0.2) is 78.5 Å². The fourth-order valence-corrected chi connectivity index (χ4v) is 3.51. The molecule has 0 unspecified atom stereocenters. The molecule has 1 aliphatic heterocycles. The fourth-order valence-electron chi connectivity index (χ4n) is 3.51. The van der Waals surface area contributed by atoms with Gasteiger partial charge >= 0.3 is 6.18 Å². The number of hydrogen-bond acceptors (Lipinski definition) is 4. The molecular weight excluding hydrogens is 433 g/mol. The third-order valence-corrected chi connectivity index (χ3v) is 5.22. The number of rotatable bonds is 5. The van der Waals surface area contributed by atoms with Crippen LogP contribution in [-0.2, 0) is 15.8 Å². The molecular formula is C25H19F3N2O3. The van der Waals surface area contributed by atoms with E-state index in [9.17, 15) is 22.8 Å². The Labute approximate surface area is 188 Å². The first-order valence-electron chi connectivity index (χ1n) is 9.97. The van der Waals surface area contributed by atoms with Crippen molar-refractivity contribution in [3.05, 3.63) is 95.2 Å². The first-order chi connectivity index (χ1) is 15.7. The second kappa shape index (κ2) is 8.46. The van der Waals surface area contributed by atoms with E-state index in [4.69, 9.17) is 4.74 Å². The number of aryl methyl sites for hydroxylation is 1. The number of carbonyl (C=O) groups excluding carboxylic acids is 2. The molecule has 2 amide bonds. The molecule has 0 atom stereocenters. The maximum absolute atomic E-state index is 13.4. The highest BCUT2D eigenvalue weighted by atomic mass is 19.4. The standard InChI is InChI=1S/C25H19F3N2O3/c1-15-6-8-16(9-7-15)21-22(29-18-4-3-5-20(14-18)33-2)24(32)30(23(21)31)19-12-10-17(11-13-19)25(26,27)28/h3-14,29H,1-2H3. The number of nitrogens with one attached hydrogen (secondary N) is 1. The summed E-state index contributed by atoms with van der Waals surface area (Å²) < 4.78 is 44.1. The first-order valence-corrected chi connectivity index (χ1v) is 9.97. The Morgan fingerprint density at radius 2 is 1.55 bits per heavy atom. The summed E-state index contributed by atoms with van der Waals surface area (Å²) in [6, 6.07) is 17.8. The third kappa shape index (κ3) is 4.32. The van der Waals surface area contributed by atoms with Crippen LogP contribution in [-0.4, -0.2) is 18.9 Å². The lowest BCUT2D eigenvalue weighted by molar-refractivity contribution is -0.137. The molecule has 0 spiro atoms. The lowest BCUT2D eigenvalue weighted by Gasteiger charge is -2.16. The Balaban J connectivity index is 1.77. The van der Waals surface area contributed by atoms with E-state index in [-0.39, 0.29) is 17.0 Å². The number of benzene rings is 3. The van der Waals surface area contributed by atoms with E-state index in [1.165, 1.54) is 7.11 Å². The average molecular weight is 452 g/mol. The molecule has 4 rings (SSSR count). The summed E-state index contributed by atoms with van der Waals surface area (Å²) in [6.45, 7) is 1.89. The van der Waals surface area contributed by atoms with Crippen molar-refractivity contribution >= 4 is 28.8 Å². The molecule has 3 aromatic carbocycles. The van der Waals surface area contributed by atoms with Gasteiger partial charge in [-0.25, -0.2) is 4.90 Å². The maximum Gasteiger partial charge on any atom is 0.416 e. The van der Waals surface area contributed by atoms with E-state index in [0.29, 0.717) is 17.0 Å². The van der Waals surface area contributed by atoms with Crippen molar-refractivity contribution in [1.82, 2.24) is 0 Å². The monoisotopic (exact) mass is 452 g/mol. The molecule has 8 heteroatoms. The molecule has 3 aromatic rings. The summed E-state index contributed by atoms with van der Waals surface area (Å²) >= 11 is 0. The molecule has 1 heterocycles. The average Bonchev–Trinajstić information content (AvgIpc) is 3.03. The van der Waals surface area contributed by atoms with Crippen LogP contribution in [0.3, 0.4) is 0 Å². The minimum Gasteiger partial charge on any atom is -0.497 e. The molecule has 0 saturated heterocycles. The van der Waals surface area contributed by atoms with Crippen LogP contribution in [0.25, 0.3) is 5.57 Å². The summed E-state index contributed by atoms with van der Waals surface area (Å²) in [5.74, 6) is -0.749. The predicted octanol–water partition coefficient (Wildman–Crippen LogP) is 5.42. The van der Waals surface area contributed by atoms with Crippen LogP contribution in [0, 0.1) is 6.92 Å². The molecule has 0 bridgehead atoms. The lowest BCUT2D eigenvalue weighted by atomic mass is 10.0. The maximum atomic E-state index is 13.4. The Morgan fingerprint density at radius 1 is 0.879 bits per heavy atom. The van der Waals surface area contributed by atoms with E-state index in [0.717, 1.165) is 34.7 Å². The van der Waals surface area contributed by atoms with Crippen LogP contribution < -0.4 is 15.0 Å². The van der Waals surface area contributed by atoms with E-state index in [1.54, 1.807) is 36.4 Å². The molecule has 168 valence electrons. The summed E-state index contributed by atoms with van der Waals surface area (Å²) in [6.07, 6.45) is -4.53. The van der Waals surface area contributed by atoms with E-state index >= 15 is 0 Å². The quantitative estimate of drug-likeness (QED) is 0.526. The summed E-state index contributed by atoms with van der Waals surface area (Å²) in [7, 11) is 1.51. The van der Waals surface area contributed by atoms with Gasteiger partial charge in [0.15, 0.2) is 0 Å². The molecule has 0 aliphatic carbocycles. The summed E-state index contributed by atoms with van der Waals surface area (Å²) in [4.78, 5) is 27.6. The van der Waals surface area contributed by atoms with Crippen molar-refractivity contribution < 1.29 is 27.5 Å². The number of methoxy groups -OCH3 is 1. The highest BCUT2D eigenvalue weighted by molar-refractivity contribution is 6.46. The zero-order valence-electron chi connectivity index (χ0n) is 17.7. The number of anilines is 2. The van der Waals surface area contributed by atoms with Gasteiger partial charge in [0.1, 0.15) is 11.4 Å². The number of amides is 2. The van der Waals surface area contributed by atoms with Crippen molar-refractivity contribution in [3.63, 3.8) is 0 Å². The number of carbonyl (C=O) groups is 2. The molecule has 0 fully saturated rings. The number of halogens is 3. The van der Waals surface area contributed by atoms with Crippen LogP contribution >= 0.6 is 0 Å². The molecule has 5 nitrogen and oxygen atoms in total. The molecule has 0 aromatic heterocycles. The molecule has 33 heavy (non-hydrogen) atoms. The first kappa shape index (κ1) is 22.1. The van der Waals surface area contributed by atoms with Gasteiger partial charge in [-0.15, -0.1) is 0 Å². The molecule has 1 aliphatic rings. The van der Waals surface area contributed by atoms with Crippen LogP contribution in [0.5, 0.6) is 5.75 Å². The van der Waals surface area contributed by atoms with Crippen LogP contribution in [0.2, 0.25) is 0 Å². The van der Waals surface area contributed by atoms with Crippen molar-refractivity contribution in [1.29, 1.82) is 0 Å². The third-order valence-electron chi connectivity index (χ3n) is 5.22. The van der Waals surface area contributed by atoms with Crippen molar-refractivity contribution in [3.8, 4) is 5.75 Å². The lowest BCUT2D eigenvalue weighted by Crippen LogP contribution is -2.32. The Kier molecular flexibility index (Phi) is 5.68. The van der Waals surface area contributed by atoms with Gasteiger partial charge in [-0.05, 0) is 48.9 Å². The number of hydrogen-bond donors (Lipinski definition) is 1. The van der Waals surface area contributed by atoms with Crippen LogP contribution in [0.4, 0.5) is 24.5 Å². The van der Waals surface area contributed by atoms with E-state index in [2.05, 4.69) is 5.32 Å². The SMILES string of the molecule is COc1cccc(NC2=C(c3ccc(C)cc3)C(=O)N(c3ccc(C(F)(F)F)cc3)C2=O)c1. The number of imide groups is 1. The summed E-state index contributed by atoms with van der Waals surface area (Å²) in [5.41, 5.74) is 1.33. The van der Waals surface area contributed by atoms with Gasteiger partial charge in [-0.2, -0.15) is 13.2 Å². The van der Waals surface area contributed by atoms with Crippen molar-refractivity contribution in [2.75, 3.05) is 17.3 Å². The van der Waals surface area contributed by atoms with Gasteiger partial charge in [0, 0.05) is 11.8 Å². The van der Waals surface area contributed by atoms with Gasteiger partial charge in [0.2, 0.25) is 0 Å². The molecule has 1 N–H and O–H groups in total. The molecule has 0 saturated carbocycles. The number of nitrogens with zero attached hydrogens (tertiary/aromatic N) is 1. The highest BCUT2D eigenvalue weighted by Crippen LogP contribution is 2.36. The molecule has 0 radical (unpaired) electrons. The van der Waals surface area contributed by atoms with Gasteiger partial charge in [-0.3, -0.25) is 9.59 Å². The minimum absolute atomic E-state index is 0.0250. The van der Waals surface area contributed by atoms with Gasteiger partial charge in [-0.1, -0.05) is 35.9 Å². The fraction of sp³-hybridized carbons (Fsp3) is 0.120. The van der Waals surface area contributed by atoms with Gasteiger partial charge < -0.3 is 10.1 Å². The minimum atomic E-state index is -4.53. The highest BCUT2D eigenvalue weighted by Gasteiger charge is 2.40. The van der Waals surface area contributed by atoms with E-state index in [1.807, 2.05) is 19.1 Å². The second-order valence-corrected chi connectivity index (χ2v) is 7.46. The normalized spacial score (nSPS) is 14.2. The van der Waals surface area contributed by atoms with Gasteiger partial charge in [0.05, 0.1) is 23.9 Å². The Hall–Kier alpha value is -4.07. The number of ether oxygens (including phenoxy) is 1. The largest absolute Gasteiger partial charge is 0.497 e. The zero-order chi connectivity index (χ0) is 23.8. The smallest absolute Gasteiger partial charge is 0.416 e. The second-order valence-electron chi connectivity index (χ2n) is 7.46. The topological polar surface area (TPSA) is 58.6 Å².